The van der Waals surface area contributed by atoms with Crippen LogP contribution in [0.1, 0.15) is 24.1 Å². The van der Waals surface area contributed by atoms with Crippen LogP contribution < -0.4 is 5.32 Å². The van der Waals surface area contributed by atoms with Crippen molar-refractivity contribution >= 4 is 11.3 Å². The topological polar surface area (TPSA) is 28.2 Å². The third-order valence-electron chi connectivity index (χ3n) is 5.25. The molecule has 1 aromatic heterocycles. The number of benzene rings is 1. The SMILES string of the molecule is FC(F)(F)c1ccc(-c2nc(CN3CCC4(CCNC4)C3)cs2)cc1. The van der Waals surface area contributed by atoms with Gasteiger partial charge in [0.15, 0.2) is 0 Å². The van der Waals surface area contributed by atoms with Crippen LogP contribution in [-0.2, 0) is 12.7 Å². The normalized spacial score (nSPS) is 24.4. The van der Waals surface area contributed by atoms with Crippen LogP contribution in [0.4, 0.5) is 13.2 Å². The first kappa shape index (κ1) is 17.0. The summed E-state index contributed by atoms with van der Waals surface area (Å²) < 4.78 is 38.0. The lowest BCUT2D eigenvalue weighted by atomic mass is 9.87. The molecule has 3 heterocycles. The van der Waals surface area contributed by atoms with E-state index in [0.717, 1.165) is 61.1 Å². The third-order valence-corrected chi connectivity index (χ3v) is 6.19. The average molecular weight is 367 g/mol. The molecule has 1 unspecified atom stereocenters. The highest BCUT2D eigenvalue weighted by Gasteiger charge is 2.40. The predicted molar refractivity (Wildman–Crippen MR) is 92.4 cm³/mol. The van der Waals surface area contributed by atoms with Crippen LogP contribution in [0.5, 0.6) is 0 Å². The molecule has 1 spiro atoms. The van der Waals surface area contributed by atoms with E-state index in [9.17, 15) is 13.2 Å². The maximum Gasteiger partial charge on any atom is 0.416 e. The van der Waals surface area contributed by atoms with Gasteiger partial charge in [-0.2, -0.15) is 13.2 Å². The van der Waals surface area contributed by atoms with Crippen LogP contribution in [0.2, 0.25) is 0 Å². The summed E-state index contributed by atoms with van der Waals surface area (Å²) >= 11 is 1.49. The van der Waals surface area contributed by atoms with Gasteiger partial charge in [-0.15, -0.1) is 11.3 Å². The van der Waals surface area contributed by atoms with Gasteiger partial charge in [0.1, 0.15) is 5.01 Å². The molecule has 0 radical (unpaired) electrons. The molecule has 1 aromatic carbocycles. The highest BCUT2D eigenvalue weighted by molar-refractivity contribution is 7.13. The highest BCUT2D eigenvalue weighted by Crippen LogP contribution is 2.37. The number of nitrogens with zero attached hydrogens (tertiary/aromatic N) is 2. The molecular weight excluding hydrogens is 347 g/mol. The van der Waals surface area contributed by atoms with Crippen molar-refractivity contribution in [3.05, 3.63) is 40.9 Å². The first-order valence-electron chi connectivity index (χ1n) is 8.49. The first-order chi connectivity index (χ1) is 11.9. The van der Waals surface area contributed by atoms with Crippen LogP contribution >= 0.6 is 11.3 Å². The van der Waals surface area contributed by atoms with Gasteiger partial charge in [-0.1, -0.05) is 12.1 Å². The molecule has 0 saturated carbocycles. The highest BCUT2D eigenvalue weighted by atomic mass is 32.1. The van der Waals surface area contributed by atoms with Crippen LogP contribution in [0.15, 0.2) is 29.6 Å². The van der Waals surface area contributed by atoms with Crippen molar-refractivity contribution < 1.29 is 13.2 Å². The van der Waals surface area contributed by atoms with Crippen LogP contribution in [0.25, 0.3) is 10.6 Å². The number of likely N-dealkylation sites (tertiary alicyclic amines) is 1. The second-order valence-corrected chi connectivity index (χ2v) is 7.96. The van der Waals surface area contributed by atoms with E-state index in [0.29, 0.717) is 5.41 Å². The fourth-order valence-electron chi connectivity index (χ4n) is 3.85. The van der Waals surface area contributed by atoms with Crippen LogP contribution in [-0.4, -0.2) is 36.1 Å². The van der Waals surface area contributed by atoms with Crippen LogP contribution in [0, 0.1) is 5.41 Å². The lowest BCUT2D eigenvalue weighted by molar-refractivity contribution is -0.137. The Labute approximate surface area is 148 Å². The molecule has 2 aliphatic heterocycles. The Kier molecular flexibility index (Phi) is 4.33. The van der Waals surface area contributed by atoms with E-state index in [1.54, 1.807) is 0 Å². The van der Waals surface area contributed by atoms with Crippen molar-refractivity contribution in [1.29, 1.82) is 0 Å². The Bertz CT molecular complexity index is 733. The molecule has 0 amide bonds. The van der Waals surface area contributed by atoms with E-state index >= 15 is 0 Å². The van der Waals surface area contributed by atoms with E-state index in [-0.39, 0.29) is 0 Å². The molecule has 0 aliphatic carbocycles. The standard InChI is InChI=1S/C18H20F3N3S/c19-18(20,21)14-3-1-13(2-4-14)16-23-15(10-25-16)9-24-8-6-17(12-24)5-7-22-11-17/h1-4,10,22H,5-9,11-12H2. The molecule has 25 heavy (non-hydrogen) atoms. The van der Waals surface area contributed by atoms with Gasteiger partial charge in [0.25, 0.3) is 0 Å². The molecule has 134 valence electrons. The summed E-state index contributed by atoms with van der Waals surface area (Å²) in [5.41, 5.74) is 1.55. The molecule has 2 saturated heterocycles. The number of nitrogens with one attached hydrogen (secondary N) is 1. The second-order valence-electron chi connectivity index (χ2n) is 7.11. The summed E-state index contributed by atoms with van der Waals surface area (Å²) in [6.45, 7) is 5.24. The second kappa shape index (κ2) is 6.37. The summed E-state index contributed by atoms with van der Waals surface area (Å²) in [6.07, 6.45) is -1.82. The van der Waals surface area contributed by atoms with Gasteiger partial charge in [-0.05, 0) is 43.5 Å². The lowest BCUT2D eigenvalue weighted by Gasteiger charge is -2.22. The van der Waals surface area contributed by atoms with Gasteiger partial charge in [-0.3, -0.25) is 4.90 Å². The molecule has 2 fully saturated rings. The fourth-order valence-corrected chi connectivity index (χ4v) is 4.67. The molecule has 2 aromatic rings. The number of hydrogen-bond acceptors (Lipinski definition) is 4. The number of hydrogen-bond donors (Lipinski definition) is 1. The van der Waals surface area contributed by atoms with Crippen LogP contribution in [0.3, 0.4) is 0 Å². The van der Waals surface area contributed by atoms with Crippen molar-refractivity contribution in [3.8, 4) is 10.6 Å². The number of halogens is 3. The van der Waals surface area contributed by atoms with Gasteiger partial charge in [0.05, 0.1) is 11.3 Å². The van der Waals surface area contributed by atoms with E-state index in [2.05, 4.69) is 15.2 Å². The van der Waals surface area contributed by atoms with E-state index < -0.39 is 11.7 Å². The number of aromatic nitrogens is 1. The summed E-state index contributed by atoms with van der Waals surface area (Å²) in [6, 6.07) is 5.24. The fraction of sp³-hybridized carbons (Fsp3) is 0.500. The predicted octanol–water partition coefficient (Wildman–Crippen LogP) is 4.01. The van der Waals surface area contributed by atoms with Crippen molar-refractivity contribution in [2.24, 2.45) is 5.41 Å². The molecule has 2 aliphatic rings. The Hall–Kier alpha value is -1.44. The smallest absolute Gasteiger partial charge is 0.316 e. The monoisotopic (exact) mass is 367 g/mol. The Morgan fingerprint density at radius 1 is 1.20 bits per heavy atom. The maximum absolute atomic E-state index is 12.7. The molecule has 3 nitrogen and oxygen atoms in total. The summed E-state index contributed by atoms with van der Waals surface area (Å²) in [4.78, 5) is 7.07. The minimum atomic E-state index is -4.30. The molecule has 1 atom stereocenters. The zero-order chi connectivity index (χ0) is 17.5. The van der Waals surface area contributed by atoms with Crippen molar-refractivity contribution in [3.63, 3.8) is 0 Å². The minimum absolute atomic E-state index is 0.437. The van der Waals surface area contributed by atoms with Gasteiger partial charge in [-0.25, -0.2) is 4.98 Å². The summed E-state index contributed by atoms with van der Waals surface area (Å²) in [5, 5.41) is 6.26. The molecule has 7 heteroatoms. The van der Waals surface area contributed by atoms with Gasteiger partial charge in [0.2, 0.25) is 0 Å². The van der Waals surface area contributed by atoms with E-state index in [4.69, 9.17) is 0 Å². The minimum Gasteiger partial charge on any atom is -0.316 e. The quantitative estimate of drug-likeness (QED) is 0.888. The zero-order valence-electron chi connectivity index (χ0n) is 13.8. The number of thiazole rings is 1. The Morgan fingerprint density at radius 2 is 2.00 bits per heavy atom. The van der Waals surface area contributed by atoms with Gasteiger partial charge in [0, 0.05) is 30.6 Å². The van der Waals surface area contributed by atoms with Crippen molar-refractivity contribution in [2.45, 2.75) is 25.6 Å². The van der Waals surface area contributed by atoms with E-state index in [1.807, 2.05) is 5.38 Å². The van der Waals surface area contributed by atoms with Crippen molar-refractivity contribution in [1.82, 2.24) is 15.2 Å². The van der Waals surface area contributed by atoms with E-state index in [1.165, 1.54) is 36.3 Å². The Morgan fingerprint density at radius 3 is 2.68 bits per heavy atom. The number of alkyl halides is 3. The molecule has 0 bridgehead atoms. The zero-order valence-corrected chi connectivity index (χ0v) is 14.6. The number of rotatable bonds is 3. The van der Waals surface area contributed by atoms with Gasteiger partial charge >= 0.3 is 6.18 Å². The average Bonchev–Trinajstić information content (AvgIpc) is 3.31. The summed E-state index contributed by atoms with van der Waals surface area (Å²) in [7, 11) is 0. The lowest BCUT2D eigenvalue weighted by Crippen LogP contribution is -2.29. The third kappa shape index (κ3) is 3.59. The first-order valence-corrected chi connectivity index (χ1v) is 9.37. The molecule has 4 rings (SSSR count). The molecule has 1 N–H and O–H groups in total. The maximum atomic E-state index is 12.7. The Balaban J connectivity index is 1.42. The molecular formula is C18H20F3N3S. The largest absolute Gasteiger partial charge is 0.416 e. The van der Waals surface area contributed by atoms with Gasteiger partial charge < -0.3 is 5.32 Å². The summed E-state index contributed by atoms with van der Waals surface area (Å²) in [5.74, 6) is 0. The van der Waals surface area contributed by atoms with Crippen molar-refractivity contribution in [2.75, 3.05) is 26.2 Å².